The highest BCUT2D eigenvalue weighted by Gasteiger charge is 2.26. The summed E-state index contributed by atoms with van der Waals surface area (Å²) >= 11 is 0. The number of carbonyl (C=O) groups excluding carboxylic acids is 1. The maximum absolute atomic E-state index is 11.8. The quantitative estimate of drug-likeness (QED) is 0.409. The Morgan fingerprint density at radius 2 is 1.59 bits per heavy atom. The first-order valence-corrected chi connectivity index (χ1v) is 9.01. The summed E-state index contributed by atoms with van der Waals surface area (Å²) in [6.45, 7) is 10.5. The van der Waals surface area contributed by atoms with Crippen LogP contribution < -0.4 is 4.74 Å². The van der Waals surface area contributed by atoms with Gasteiger partial charge in [-0.15, -0.1) is 0 Å². The van der Waals surface area contributed by atoms with Crippen molar-refractivity contribution in [2.24, 2.45) is 0 Å². The first-order chi connectivity index (χ1) is 13.4. The zero-order chi connectivity index (χ0) is 21.9. The molecule has 6 heteroatoms. The molecule has 0 unspecified atom stereocenters. The first kappa shape index (κ1) is 21.9. The first-order valence-electron chi connectivity index (χ1n) is 9.01. The van der Waals surface area contributed by atoms with Crippen LogP contribution in [0.5, 0.6) is 5.75 Å². The molecule has 0 fully saturated rings. The maximum Gasteiger partial charge on any atom is 0.338 e. The molecule has 0 saturated heterocycles. The van der Waals surface area contributed by atoms with Crippen molar-refractivity contribution >= 4 is 17.9 Å². The molecule has 2 N–H and O–H groups in total. The number of carbonyl (C=O) groups is 3. The molecule has 0 aliphatic carbocycles. The van der Waals surface area contributed by atoms with E-state index >= 15 is 0 Å². The fourth-order valence-electron chi connectivity index (χ4n) is 3.19. The van der Waals surface area contributed by atoms with Crippen molar-refractivity contribution in [2.75, 3.05) is 0 Å². The number of esters is 1. The van der Waals surface area contributed by atoms with Gasteiger partial charge in [0.25, 0.3) is 0 Å². The predicted octanol–water partition coefficient (Wildman–Crippen LogP) is 4.39. The van der Waals surface area contributed by atoms with Crippen LogP contribution in [0.1, 0.15) is 58.2 Å². The standard InChI is InChI=1S/C23H24O6/c1-13(2)22(28)29-17-9-7-16(8-10-17)23(4,5)12-15-6-11-18(20(24)25)14(3)19(15)21(26)27/h6-11H,1,12H2,2-5H3,(H,24,25)(H,26,27). The second-order valence-electron chi connectivity index (χ2n) is 7.64. The molecule has 0 aliphatic rings. The summed E-state index contributed by atoms with van der Waals surface area (Å²) in [6, 6.07) is 9.99. The highest BCUT2D eigenvalue weighted by Crippen LogP contribution is 2.32. The van der Waals surface area contributed by atoms with Crippen LogP contribution in [0.3, 0.4) is 0 Å². The van der Waals surface area contributed by atoms with E-state index in [1.54, 1.807) is 25.1 Å². The summed E-state index contributed by atoms with van der Waals surface area (Å²) in [7, 11) is 0. The largest absolute Gasteiger partial charge is 0.478 e. The van der Waals surface area contributed by atoms with Gasteiger partial charge in [-0.25, -0.2) is 14.4 Å². The molecular formula is C23H24O6. The zero-order valence-electron chi connectivity index (χ0n) is 16.9. The van der Waals surface area contributed by atoms with E-state index in [1.165, 1.54) is 13.0 Å². The van der Waals surface area contributed by atoms with E-state index in [9.17, 15) is 24.6 Å². The molecule has 2 aromatic rings. The number of benzene rings is 2. The fourth-order valence-corrected chi connectivity index (χ4v) is 3.19. The average Bonchev–Trinajstić information content (AvgIpc) is 2.61. The molecule has 29 heavy (non-hydrogen) atoms. The summed E-state index contributed by atoms with van der Waals surface area (Å²) in [4.78, 5) is 34.7. The van der Waals surface area contributed by atoms with Crippen LogP contribution in [0.4, 0.5) is 0 Å². The van der Waals surface area contributed by atoms with Crippen LogP contribution in [0.25, 0.3) is 0 Å². The van der Waals surface area contributed by atoms with E-state index in [0.29, 0.717) is 23.3 Å². The van der Waals surface area contributed by atoms with Gasteiger partial charge in [0.05, 0.1) is 11.1 Å². The number of rotatable bonds is 7. The number of carboxylic acids is 2. The Labute approximate surface area is 169 Å². The lowest BCUT2D eigenvalue weighted by Gasteiger charge is -2.27. The minimum Gasteiger partial charge on any atom is -0.478 e. The van der Waals surface area contributed by atoms with Crippen LogP contribution in [-0.4, -0.2) is 28.1 Å². The summed E-state index contributed by atoms with van der Waals surface area (Å²) in [6.07, 6.45) is 0.389. The van der Waals surface area contributed by atoms with Crippen molar-refractivity contribution in [2.45, 2.75) is 39.5 Å². The van der Waals surface area contributed by atoms with E-state index < -0.39 is 23.3 Å². The van der Waals surface area contributed by atoms with Crippen LogP contribution >= 0.6 is 0 Å². The molecule has 0 atom stereocenters. The number of hydrogen-bond acceptors (Lipinski definition) is 4. The Kier molecular flexibility index (Phi) is 6.27. The third kappa shape index (κ3) is 4.90. The summed E-state index contributed by atoms with van der Waals surface area (Å²) in [5, 5.41) is 18.9. The van der Waals surface area contributed by atoms with E-state index in [1.807, 2.05) is 26.0 Å². The number of carboxylic acid groups (broad SMARTS) is 2. The van der Waals surface area contributed by atoms with E-state index in [0.717, 1.165) is 5.56 Å². The van der Waals surface area contributed by atoms with Crippen molar-refractivity contribution in [3.8, 4) is 5.75 Å². The predicted molar refractivity (Wildman–Crippen MR) is 109 cm³/mol. The lowest BCUT2D eigenvalue weighted by atomic mass is 9.77. The van der Waals surface area contributed by atoms with Gasteiger partial charge in [-0.2, -0.15) is 0 Å². The minimum absolute atomic E-state index is 0.0185. The SMILES string of the molecule is C=C(C)C(=O)Oc1ccc(C(C)(C)Cc2ccc(C(=O)O)c(C)c2C(=O)O)cc1. The Morgan fingerprint density at radius 1 is 1.00 bits per heavy atom. The summed E-state index contributed by atoms with van der Waals surface area (Å²) in [5.74, 6) is -2.42. The lowest BCUT2D eigenvalue weighted by Crippen LogP contribution is -2.23. The van der Waals surface area contributed by atoms with Gasteiger partial charge in [-0.1, -0.05) is 38.6 Å². The van der Waals surface area contributed by atoms with Gasteiger partial charge < -0.3 is 14.9 Å². The number of ether oxygens (including phenoxy) is 1. The molecule has 0 radical (unpaired) electrons. The molecule has 0 heterocycles. The average molecular weight is 396 g/mol. The van der Waals surface area contributed by atoms with Gasteiger partial charge in [-0.05, 0) is 60.6 Å². The highest BCUT2D eigenvalue weighted by atomic mass is 16.5. The van der Waals surface area contributed by atoms with Gasteiger partial charge >= 0.3 is 17.9 Å². The zero-order valence-corrected chi connectivity index (χ0v) is 16.9. The highest BCUT2D eigenvalue weighted by molar-refractivity contribution is 5.97. The van der Waals surface area contributed by atoms with Gasteiger partial charge in [0.15, 0.2) is 0 Å². The van der Waals surface area contributed by atoms with E-state index in [4.69, 9.17) is 4.74 Å². The fraction of sp³-hybridized carbons (Fsp3) is 0.261. The molecule has 6 nitrogen and oxygen atoms in total. The molecule has 0 amide bonds. The summed E-state index contributed by atoms with van der Waals surface area (Å²) in [5.41, 5.74) is 1.57. The molecule has 0 aromatic heterocycles. The molecule has 2 rings (SSSR count). The summed E-state index contributed by atoms with van der Waals surface area (Å²) < 4.78 is 5.19. The second-order valence-corrected chi connectivity index (χ2v) is 7.64. The molecule has 0 spiro atoms. The van der Waals surface area contributed by atoms with Crippen molar-refractivity contribution in [3.63, 3.8) is 0 Å². The molecule has 2 aromatic carbocycles. The second kappa shape index (κ2) is 8.31. The molecular weight excluding hydrogens is 372 g/mol. The van der Waals surface area contributed by atoms with Crippen LogP contribution in [0, 0.1) is 6.92 Å². The molecule has 0 saturated carbocycles. The monoisotopic (exact) mass is 396 g/mol. The van der Waals surface area contributed by atoms with Gasteiger partial charge in [0.1, 0.15) is 5.75 Å². The smallest absolute Gasteiger partial charge is 0.338 e. The van der Waals surface area contributed by atoms with Crippen molar-refractivity contribution in [1.29, 1.82) is 0 Å². The van der Waals surface area contributed by atoms with Gasteiger partial charge in [0.2, 0.25) is 0 Å². The Bertz CT molecular complexity index is 983. The maximum atomic E-state index is 11.8. The van der Waals surface area contributed by atoms with Crippen LogP contribution in [-0.2, 0) is 16.6 Å². The van der Waals surface area contributed by atoms with Crippen LogP contribution in [0.2, 0.25) is 0 Å². The molecule has 152 valence electrons. The van der Waals surface area contributed by atoms with Crippen molar-refractivity contribution in [3.05, 3.63) is 76.4 Å². The topological polar surface area (TPSA) is 101 Å². The van der Waals surface area contributed by atoms with E-state index in [-0.39, 0.29) is 16.7 Å². The van der Waals surface area contributed by atoms with Gasteiger partial charge in [-0.3, -0.25) is 0 Å². The minimum atomic E-state index is -1.16. The molecule has 0 bridgehead atoms. The molecule has 0 aliphatic heterocycles. The Morgan fingerprint density at radius 3 is 2.07 bits per heavy atom. The van der Waals surface area contributed by atoms with Gasteiger partial charge in [0, 0.05) is 5.57 Å². The number of aromatic carboxylic acids is 2. The number of hydrogen-bond donors (Lipinski definition) is 2. The normalized spacial score (nSPS) is 11.0. The van der Waals surface area contributed by atoms with E-state index in [2.05, 4.69) is 6.58 Å². The van der Waals surface area contributed by atoms with Crippen molar-refractivity contribution in [1.82, 2.24) is 0 Å². The van der Waals surface area contributed by atoms with Crippen LogP contribution in [0.15, 0.2) is 48.6 Å². The Hall–Kier alpha value is -3.41. The lowest BCUT2D eigenvalue weighted by molar-refractivity contribution is -0.130. The third-order valence-corrected chi connectivity index (χ3v) is 4.82. The third-order valence-electron chi connectivity index (χ3n) is 4.82. The van der Waals surface area contributed by atoms with Crippen molar-refractivity contribution < 1.29 is 29.3 Å². The Balaban J connectivity index is 2.35.